The lowest BCUT2D eigenvalue weighted by molar-refractivity contribution is -0.127. The molecule has 1 saturated heterocycles. The molecule has 62 valence electrons. The molecule has 0 aromatic carbocycles. The molecular weight excluding hydrogens is 282 g/mol. The monoisotopic (exact) mass is 288 g/mol. The van der Waals surface area contributed by atoms with Crippen molar-refractivity contribution in [2.45, 2.75) is 19.4 Å². The molecule has 0 aliphatic carbocycles. The molecule has 1 fully saturated rings. The highest BCUT2D eigenvalue weighted by molar-refractivity contribution is 14.1. The summed E-state index contributed by atoms with van der Waals surface area (Å²) in [5.41, 5.74) is -0.820. The number of halogens is 2. The smallest absolute Gasteiger partial charge is 0.270 e. The van der Waals surface area contributed by atoms with Gasteiger partial charge in [0.05, 0.1) is 22.9 Å². The van der Waals surface area contributed by atoms with Crippen molar-refractivity contribution >= 4 is 46.6 Å². The molecule has 1 aliphatic heterocycles. The third kappa shape index (κ3) is 1.10. The van der Waals surface area contributed by atoms with Crippen molar-refractivity contribution in [3.63, 3.8) is 0 Å². The van der Waals surface area contributed by atoms with Crippen LogP contribution in [0, 0.1) is 0 Å². The van der Waals surface area contributed by atoms with Gasteiger partial charge >= 0.3 is 6.03 Å². The Morgan fingerprint density at radius 3 is 2.00 bits per heavy atom. The van der Waals surface area contributed by atoms with Crippen LogP contribution in [0.15, 0.2) is 0 Å². The number of hydrogen-bond donors (Lipinski definition) is 0. The van der Waals surface area contributed by atoms with Crippen molar-refractivity contribution in [3.8, 4) is 0 Å². The van der Waals surface area contributed by atoms with Gasteiger partial charge in [0.1, 0.15) is 5.54 Å². The van der Waals surface area contributed by atoms with Gasteiger partial charge < -0.3 is 0 Å². The van der Waals surface area contributed by atoms with Crippen LogP contribution in [-0.2, 0) is 4.79 Å². The summed E-state index contributed by atoms with van der Waals surface area (Å²) in [5.74, 6) is -0.390. The lowest BCUT2D eigenvalue weighted by Crippen LogP contribution is -2.37. The number of carbonyl (C=O) groups is 2. The van der Waals surface area contributed by atoms with Crippen LogP contribution in [0.25, 0.3) is 0 Å². The van der Waals surface area contributed by atoms with Gasteiger partial charge in [-0.3, -0.25) is 4.79 Å². The number of urea groups is 1. The number of carbonyl (C=O) groups excluding carboxylic acids is 2. The van der Waals surface area contributed by atoms with Crippen LogP contribution < -0.4 is 0 Å². The fraction of sp³-hybridized carbons (Fsp3) is 0.600. The highest BCUT2D eigenvalue weighted by atomic mass is 127. The topological polar surface area (TPSA) is 40.6 Å². The molecule has 0 radical (unpaired) electrons. The van der Waals surface area contributed by atoms with Gasteiger partial charge in [0.15, 0.2) is 0 Å². The number of imide groups is 1. The molecule has 0 N–H and O–H groups in total. The number of hydrogen-bond acceptors (Lipinski definition) is 2. The van der Waals surface area contributed by atoms with Crippen LogP contribution in [0.5, 0.6) is 0 Å². The molecule has 1 aliphatic rings. The van der Waals surface area contributed by atoms with Crippen molar-refractivity contribution in [1.82, 2.24) is 7.53 Å². The second-order valence-corrected chi connectivity index (χ2v) is 4.01. The Hall–Kier alpha value is -0.0400. The maximum absolute atomic E-state index is 11.2. The standard InChI is InChI=1S/C5H6ClIN2O2/c1-5(2)3(10)8(6)4(11)9(5)7/h1-2H3. The van der Waals surface area contributed by atoms with Gasteiger partial charge in [-0.1, -0.05) is 0 Å². The fourth-order valence-electron chi connectivity index (χ4n) is 0.727. The highest BCUT2D eigenvalue weighted by Crippen LogP contribution is 2.31. The molecule has 1 heterocycles. The summed E-state index contributed by atoms with van der Waals surface area (Å²) in [6.07, 6.45) is 0. The van der Waals surface area contributed by atoms with Crippen LogP contribution in [-0.4, -0.2) is 25.0 Å². The average Bonchev–Trinajstić information content (AvgIpc) is 2.06. The lowest BCUT2D eigenvalue weighted by atomic mass is 10.1. The van der Waals surface area contributed by atoms with E-state index >= 15 is 0 Å². The van der Waals surface area contributed by atoms with Gasteiger partial charge in [0.25, 0.3) is 5.91 Å². The number of nitrogens with zero attached hydrogens (tertiary/aromatic N) is 2. The Labute approximate surface area is 83.1 Å². The van der Waals surface area contributed by atoms with E-state index in [-0.39, 0.29) is 0 Å². The van der Waals surface area contributed by atoms with E-state index in [1.54, 1.807) is 36.7 Å². The highest BCUT2D eigenvalue weighted by Gasteiger charge is 2.50. The third-order valence-corrected chi connectivity index (χ3v) is 3.45. The van der Waals surface area contributed by atoms with E-state index in [0.29, 0.717) is 4.42 Å². The van der Waals surface area contributed by atoms with Crippen molar-refractivity contribution in [3.05, 3.63) is 0 Å². The molecule has 0 spiro atoms. The molecule has 0 bridgehead atoms. The van der Waals surface area contributed by atoms with Crippen LogP contribution in [0.4, 0.5) is 4.79 Å². The van der Waals surface area contributed by atoms with Gasteiger partial charge in [0, 0.05) is 11.8 Å². The Bertz CT molecular complexity index is 231. The summed E-state index contributed by atoms with van der Waals surface area (Å²) in [5, 5.41) is 0. The Kier molecular flexibility index (Phi) is 2.04. The Morgan fingerprint density at radius 2 is 1.91 bits per heavy atom. The summed E-state index contributed by atoms with van der Waals surface area (Å²) >= 11 is 7.15. The van der Waals surface area contributed by atoms with Crippen molar-refractivity contribution in [1.29, 1.82) is 0 Å². The fourth-order valence-corrected chi connectivity index (χ4v) is 1.56. The quantitative estimate of drug-likeness (QED) is 0.385. The SMILES string of the molecule is CC1(C)C(=O)N(Cl)C(=O)N1I. The molecule has 3 amide bonds. The van der Waals surface area contributed by atoms with Crippen molar-refractivity contribution in [2.75, 3.05) is 0 Å². The van der Waals surface area contributed by atoms with Crippen LogP contribution in [0.3, 0.4) is 0 Å². The largest absolute Gasteiger partial charge is 0.351 e. The molecule has 0 atom stereocenters. The summed E-state index contributed by atoms with van der Waals surface area (Å²) in [6, 6.07) is -0.484. The van der Waals surface area contributed by atoms with Gasteiger partial charge in [-0.25, -0.2) is 7.91 Å². The van der Waals surface area contributed by atoms with Gasteiger partial charge in [-0.2, -0.15) is 4.42 Å². The molecule has 0 unspecified atom stereocenters. The maximum Gasteiger partial charge on any atom is 0.351 e. The first-order valence-electron chi connectivity index (χ1n) is 2.89. The number of amides is 3. The van der Waals surface area contributed by atoms with E-state index in [1.807, 2.05) is 0 Å². The molecule has 4 nitrogen and oxygen atoms in total. The van der Waals surface area contributed by atoms with Crippen molar-refractivity contribution < 1.29 is 9.59 Å². The summed E-state index contributed by atoms with van der Waals surface area (Å²) < 4.78 is 1.88. The van der Waals surface area contributed by atoms with E-state index in [0.717, 1.165) is 0 Å². The first-order chi connectivity index (χ1) is 4.89. The van der Waals surface area contributed by atoms with E-state index in [1.165, 1.54) is 3.11 Å². The van der Waals surface area contributed by atoms with E-state index in [9.17, 15) is 9.59 Å². The number of rotatable bonds is 0. The van der Waals surface area contributed by atoms with E-state index in [2.05, 4.69) is 0 Å². The van der Waals surface area contributed by atoms with E-state index < -0.39 is 17.5 Å². The zero-order chi connectivity index (χ0) is 8.81. The van der Waals surface area contributed by atoms with Crippen LogP contribution in [0.2, 0.25) is 0 Å². The summed E-state index contributed by atoms with van der Waals surface area (Å²) in [4.78, 5) is 22.2. The molecule has 11 heavy (non-hydrogen) atoms. The van der Waals surface area contributed by atoms with Crippen LogP contribution >= 0.6 is 34.6 Å². The molecule has 0 aromatic heterocycles. The van der Waals surface area contributed by atoms with E-state index in [4.69, 9.17) is 11.8 Å². The molecule has 1 rings (SSSR count). The van der Waals surface area contributed by atoms with Gasteiger partial charge in [0.2, 0.25) is 0 Å². The summed E-state index contributed by atoms with van der Waals surface area (Å²) in [6.45, 7) is 3.28. The molecule has 6 heteroatoms. The molecule has 0 saturated carbocycles. The second-order valence-electron chi connectivity index (χ2n) is 2.71. The average molecular weight is 288 g/mol. The summed E-state index contributed by atoms with van der Waals surface area (Å²) in [7, 11) is 0. The first kappa shape index (κ1) is 9.05. The third-order valence-electron chi connectivity index (χ3n) is 1.53. The Morgan fingerprint density at radius 1 is 1.45 bits per heavy atom. The normalized spacial score (nSPS) is 23.3. The minimum Gasteiger partial charge on any atom is -0.270 e. The van der Waals surface area contributed by atoms with Crippen molar-refractivity contribution in [2.24, 2.45) is 0 Å². The van der Waals surface area contributed by atoms with Gasteiger partial charge in [-0.15, -0.1) is 0 Å². The predicted octanol–water partition coefficient (Wildman–Crippen LogP) is 1.53. The van der Waals surface area contributed by atoms with Crippen LogP contribution in [0.1, 0.15) is 13.8 Å². The Balaban J connectivity index is 3.06. The zero-order valence-electron chi connectivity index (χ0n) is 5.97. The predicted molar refractivity (Wildman–Crippen MR) is 48.0 cm³/mol. The lowest BCUT2D eigenvalue weighted by Gasteiger charge is -2.19. The second kappa shape index (κ2) is 2.48. The van der Waals surface area contributed by atoms with Gasteiger partial charge in [-0.05, 0) is 13.8 Å². The molecular formula is C5H6ClIN2O2. The maximum atomic E-state index is 11.2. The minimum absolute atomic E-state index is 0.390. The first-order valence-corrected chi connectivity index (χ1v) is 4.19. The zero-order valence-corrected chi connectivity index (χ0v) is 8.88. The molecule has 0 aromatic rings. The minimum atomic E-state index is -0.820.